The first-order valence-corrected chi connectivity index (χ1v) is 9.32. The van der Waals surface area contributed by atoms with Gasteiger partial charge in [-0.15, -0.1) is 0 Å². The van der Waals surface area contributed by atoms with Gasteiger partial charge in [0.1, 0.15) is 10.8 Å². The monoisotopic (exact) mass is 386 g/mol. The summed E-state index contributed by atoms with van der Waals surface area (Å²) in [5.74, 6) is -0.0705. The number of para-hydroxylation sites is 2. The number of hydrogen-bond acceptors (Lipinski definition) is 8. The molecule has 0 bridgehead atoms. The van der Waals surface area contributed by atoms with Gasteiger partial charge < -0.3 is 14.6 Å². The molecule has 0 radical (unpaired) electrons. The van der Waals surface area contributed by atoms with Crippen molar-refractivity contribution in [1.82, 2.24) is 15.1 Å². The quantitative estimate of drug-likeness (QED) is 0.488. The van der Waals surface area contributed by atoms with Crippen molar-refractivity contribution in [1.29, 1.82) is 0 Å². The topological polar surface area (TPSA) is 107 Å². The van der Waals surface area contributed by atoms with Crippen LogP contribution in [0.5, 0.6) is 0 Å². The van der Waals surface area contributed by atoms with Crippen LogP contribution >= 0.6 is 11.8 Å². The van der Waals surface area contributed by atoms with Crippen LogP contribution in [-0.4, -0.2) is 38.9 Å². The molecule has 1 unspecified atom stereocenters. The highest BCUT2D eigenvalue weighted by molar-refractivity contribution is 7.99. The Kier molecular flexibility index (Phi) is 6.02. The first-order chi connectivity index (χ1) is 13.0. The maximum absolute atomic E-state index is 12.2. The van der Waals surface area contributed by atoms with Gasteiger partial charge in [0.15, 0.2) is 11.9 Å². The van der Waals surface area contributed by atoms with Crippen LogP contribution in [0.4, 0.5) is 5.82 Å². The average molecular weight is 386 g/mol. The van der Waals surface area contributed by atoms with E-state index in [1.54, 1.807) is 26.1 Å². The molecule has 0 saturated heterocycles. The second-order valence-electron chi connectivity index (χ2n) is 5.68. The molecule has 0 aliphatic rings. The molecule has 3 rings (SSSR count). The lowest BCUT2D eigenvalue weighted by Crippen LogP contribution is -2.32. The number of carbonyl (C=O) groups is 2. The summed E-state index contributed by atoms with van der Waals surface area (Å²) in [6, 6.07) is 9.07. The van der Waals surface area contributed by atoms with E-state index in [4.69, 9.17) is 9.26 Å². The predicted molar refractivity (Wildman–Crippen MR) is 100 cm³/mol. The summed E-state index contributed by atoms with van der Waals surface area (Å²) < 4.78 is 10.2. The Bertz CT molecular complexity index is 959. The molecule has 0 aliphatic carbocycles. The summed E-state index contributed by atoms with van der Waals surface area (Å²) in [7, 11) is 0. The van der Waals surface area contributed by atoms with E-state index < -0.39 is 18.0 Å². The van der Waals surface area contributed by atoms with E-state index in [0.717, 1.165) is 11.0 Å². The van der Waals surface area contributed by atoms with E-state index >= 15 is 0 Å². The average Bonchev–Trinajstić information content (AvgIpc) is 3.08. The number of hydrogen-bond donors (Lipinski definition) is 1. The second kappa shape index (κ2) is 8.63. The number of anilines is 1. The summed E-state index contributed by atoms with van der Waals surface area (Å²) in [4.78, 5) is 33.0. The largest absolute Gasteiger partial charge is 0.452 e. The molecule has 2 aromatic heterocycles. The Morgan fingerprint density at radius 1 is 1.30 bits per heavy atom. The number of nitrogens with zero attached hydrogens (tertiary/aromatic N) is 3. The van der Waals surface area contributed by atoms with Crippen molar-refractivity contribution in [2.45, 2.75) is 31.4 Å². The Morgan fingerprint density at radius 2 is 2.07 bits per heavy atom. The van der Waals surface area contributed by atoms with Crippen LogP contribution in [0, 0.1) is 6.92 Å². The van der Waals surface area contributed by atoms with Gasteiger partial charge in [-0.1, -0.05) is 36.0 Å². The van der Waals surface area contributed by atoms with Crippen LogP contribution in [-0.2, 0) is 14.3 Å². The van der Waals surface area contributed by atoms with Crippen molar-refractivity contribution < 1.29 is 18.8 Å². The van der Waals surface area contributed by atoms with E-state index in [2.05, 4.69) is 20.4 Å². The Balaban J connectivity index is 1.53. The fourth-order valence-electron chi connectivity index (χ4n) is 2.29. The third kappa shape index (κ3) is 5.04. The van der Waals surface area contributed by atoms with E-state index in [1.807, 2.05) is 24.3 Å². The molecule has 1 amide bonds. The van der Waals surface area contributed by atoms with Gasteiger partial charge in [0.25, 0.3) is 5.91 Å². The standard InChI is InChI=1S/C18H18N4O4S/c1-3-14(18(24)21-15-8-11(2)26-22-15)25-17(23)10-27-16-9-19-12-6-4-5-7-13(12)20-16/h4-9,14H,3,10H2,1-2H3,(H,21,22,24). The van der Waals surface area contributed by atoms with Gasteiger partial charge in [0, 0.05) is 6.07 Å². The second-order valence-corrected chi connectivity index (χ2v) is 6.68. The number of rotatable bonds is 7. The SMILES string of the molecule is CCC(OC(=O)CSc1cnc2ccccc2n1)C(=O)Nc1cc(C)on1. The number of nitrogens with one attached hydrogen (secondary N) is 1. The summed E-state index contributed by atoms with van der Waals surface area (Å²) >= 11 is 1.21. The molecule has 0 fully saturated rings. The molecule has 27 heavy (non-hydrogen) atoms. The van der Waals surface area contributed by atoms with Crippen molar-refractivity contribution in [2.75, 3.05) is 11.1 Å². The summed E-state index contributed by atoms with van der Waals surface area (Å²) in [6.45, 7) is 3.47. The number of ether oxygens (including phenoxy) is 1. The van der Waals surface area contributed by atoms with Crippen LogP contribution in [0.25, 0.3) is 11.0 Å². The lowest BCUT2D eigenvalue weighted by molar-refractivity contribution is -0.151. The molecule has 0 aliphatic heterocycles. The summed E-state index contributed by atoms with van der Waals surface area (Å²) in [5, 5.41) is 6.86. The molecule has 3 aromatic rings. The molecule has 2 heterocycles. The molecule has 0 spiro atoms. The number of amides is 1. The molecular formula is C18H18N4O4S. The van der Waals surface area contributed by atoms with Crippen LogP contribution in [0.1, 0.15) is 19.1 Å². The van der Waals surface area contributed by atoms with Crippen molar-refractivity contribution in [3.8, 4) is 0 Å². The van der Waals surface area contributed by atoms with Gasteiger partial charge in [-0.2, -0.15) is 0 Å². The maximum atomic E-state index is 12.2. The van der Waals surface area contributed by atoms with Gasteiger partial charge in [0.2, 0.25) is 0 Å². The first-order valence-electron chi connectivity index (χ1n) is 8.33. The van der Waals surface area contributed by atoms with Crippen LogP contribution in [0.3, 0.4) is 0 Å². The van der Waals surface area contributed by atoms with Crippen molar-refractivity contribution in [3.63, 3.8) is 0 Å². The number of fused-ring (bicyclic) bond motifs is 1. The molecule has 9 heteroatoms. The minimum absolute atomic E-state index is 0.0276. The van der Waals surface area contributed by atoms with Crippen LogP contribution in [0.2, 0.25) is 0 Å². The number of aryl methyl sites for hydroxylation is 1. The number of carbonyl (C=O) groups excluding carboxylic acids is 2. The van der Waals surface area contributed by atoms with Gasteiger partial charge in [-0.05, 0) is 25.5 Å². The number of esters is 1. The van der Waals surface area contributed by atoms with E-state index in [1.165, 1.54) is 11.8 Å². The minimum Gasteiger partial charge on any atom is -0.452 e. The Labute approximate surface area is 159 Å². The molecule has 140 valence electrons. The molecular weight excluding hydrogens is 368 g/mol. The number of thioether (sulfide) groups is 1. The number of benzene rings is 1. The highest BCUT2D eigenvalue weighted by Crippen LogP contribution is 2.18. The van der Waals surface area contributed by atoms with Gasteiger partial charge in [-0.3, -0.25) is 14.6 Å². The molecule has 1 atom stereocenters. The van der Waals surface area contributed by atoms with E-state index in [-0.39, 0.29) is 11.6 Å². The highest BCUT2D eigenvalue weighted by atomic mass is 32.2. The Morgan fingerprint density at radius 3 is 2.78 bits per heavy atom. The third-order valence-corrected chi connectivity index (χ3v) is 4.45. The highest BCUT2D eigenvalue weighted by Gasteiger charge is 2.22. The first kappa shape index (κ1) is 18.8. The smallest absolute Gasteiger partial charge is 0.317 e. The van der Waals surface area contributed by atoms with Crippen LogP contribution in [0.15, 0.2) is 46.1 Å². The van der Waals surface area contributed by atoms with Gasteiger partial charge >= 0.3 is 5.97 Å². The molecule has 1 aromatic carbocycles. The van der Waals surface area contributed by atoms with Crippen molar-refractivity contribution in [2.24, 2.45) is 0 Å². The Hall–Kier alpha value is -2.94. The normalized spacial score (nSPS) is 11.9. The lowest BCUT2D eigenvalue weighted by Gasteiger charge is -2.14. The zero-order chi connectivity index (χ0) is 19.2. The fraction of sp³-hybridized carbons (Fsp3) is 0.278. The van der Waals surface area contributed by atoms with E-state index in [9.17, 15) is 9.59 Å². The fourth-order valence-corrected chi connectivity index (χ4v) is 2.91. The van der Waals surface area contributed by atoms with Gasteiger partial charge in [-0.25, -0.2) is 4.98 Å². The maximum Gasteiger partial charge on any atom is 0.317 e. The van der Waals surface area contributed by atoms with Gasteiger partial charge in [0.05, 0.1) is 23.0 Å². The van der Waals surface area contributed by atoms with E-state index in [0.29, 0.717) is 17.2 Å². The molecule has 8 nitrogen and oxygen atoms in total. The third-order valence-electron chi connectivity index (χ3n) is 3.58. The minimum atomic E-state index is -0.905. The van der Waals surface area contributed by atoms with Crippen LogP contribution < -0.4 is 5.32 Å². The molecule has 1 N–H and O–H groups in total. The zero-order valence-corrected chi connectivity index (χ0v) is 15.7. The number of aromatic nitrogens is 3. The van der Waals surface area contributed by atoms with Crippen molar-refractivity contribution >= 4 is 40.5 Å². The van der Waals surface area contributed by atoms with Crippen molar-refractivity contribution in [3.05, 3.63) is 42.3 Å². The molecule has 0 saturated carbocycles. The lowest BCUT2D eigenvalue weighted by atomic mass is 10.2. The zero-order valence-electron chi connectivity index (χ0n) is 14.8. The summed E-state index contributed by atoms with van der Waals surface area (Å²) in [5.41, 5.74) is 1.54. The summed E-state index contributed by atoms with van der Waals surface area (Å²) in [6.07, 6.45) is 1.05. The predicted octanol–water partition coefficient (Wildman–Crippen LogP) is 2.98.